The molecule has 5 aromatic carbocycles. The number of aryl methyl sites for hydroxylation is 2. The van der Waals surface area contributed by atoms with E-state index < -0.39 is 0 Å². The normalized spacial score (nSPS) is 13.7. The van der Waals surface area contributed by atoms with Crippen molar-refractivity contribution in [3.05, 3.63) is 154 Å². The van der Waals surface area contributed by atoms with Crippen LogP contribution in [-0.4, -0.2) is 11.7 Å². The maximum Gasteiger partial charge on any atom is 0.154 e. The summed E-state index contributed by atoms with van der Waals surface area (Å²) in [5.74, 6) is 1.22. The van der Waals surface area contributed by atoms with Crippen molar-refractivity contribution in [3.8, 4) is 22.3 Å². The largest absolute Gasteiger partial charge is 0.461 e. The Morgan fingerprint density at radius 1 is 0.711 bits per heavy atom. The zero-order valence-corrected chi connectivity index (χ0v) is 26.0. The molecule has 0 bridgehead atoms. The highest BCUT2D eigenvalue weighted by Crippen LogP contribution is 2.49. The van der Waals surface area contributed by atoms with E-state index in [-0.39, 0.29) is 17.1 Å². The summed E-state index contributed by atoms with van der Waals surface area (Å²) < 4.78 is 6.21. The van der Waals surface area contributed by atoms with Crippen molar-refractivity contribution >= 4 is 34.8 Å². The number of hydrogen-bond acceptors (Lipinski definition) is 2. The second-order valence-electron chi connectivity index (χ2n) is 12.2. The Balaban J connectivity index is 1.30. The van der Waals surface area contributed by atoms with Gasteiger partial charge in [0, 0.05) is 27.5 Å². The van der Waals surface area contributed by atoms with Crippen LogP contribution < -0.4 is 5.73 Å². The molecule has 7 rings (SSSR count). The third kappa shape index (κ3) is 4.70. The molecule has 0 saturated carbocycles. The second kappa shape index (κ2) is 10.9. The fourth-order valence-electron chi connectivity index (χ4n) is 6.83. The van der Waals surface area contributed by atoms with E-state index in [0.717, 1.165) is 50.1 Å². The van der Waals surface area contributed by atoms with Crippen molar-refractivity contribution in [2.45, 2.75) is 33.1 Å². The van der Waals surface area contributed by atoms with Crippen molar-refractivity contribution < 1.29 is 4.42 Å². The van der Waals surface area contributed by atoms with Gasteiger partial charge in [-0.2, -0.15) is 0 Å². The fraction of sp³-hybridized carbons (Fsp3) is 0.122. The minimum Gasteiger partial charge on any atom is -0.461 e. The highest BCUT2D eigenvalue weighted by Gasteiger charge is 2.36. The molecule has 0 saturated heterocycles. The third-order valence-electron chi connectivity index (χ3n) is 9.13. The van der Waals surface area contributed by atoms with Crippen LogP contribution in [0.2, 0.25) is 0 Å². The number of aliphatic imine (C=N–C) groups is 1. The molecule has 45 heavy (non-hydrogen) atoms. The summed E-state index contributed by atoms with van der Waals surface area (Å²) in [6.45, 7) is 8.58. The smallest absolute Gasteiger partial charge is 0.154 e. The predicted octanol–water partition coefficient (Wildman–Crippen LogP) is 9.92. The van der Waals surface area contributed by atoms with Crippen LogP contribution in [0.5, 0.6) is 0 Å². The van der Waals surface area contributed by atoms with Crippen molar-refractivity contribution in [1.82, 2.24) is 0 Å². The Kier molecular flexibility index (Phi) is 6.86. The molecular weight excluding hydrogens is 550 g/mol. The summed E-state index contributed by atoms with van der Waals surface area (Å²) in [6.07, 6.45) is 4.24. The molecular formula is C41H35N3O. The summed E-state index contributed by atoms with van der Waals surface area (Å²) in [5, 5.41) is 10.0. The van der Waals surface area contributed by atoms with Gasteiger partial charge in [-0.3, -0.25) is 5.41 Å². The molecule has 0 spiro atoms. The summed E-state index contributed by atoms with van der Waals surface area (Å²) in [7, 11) is 0. The number of amidine groups is 2. The highest BCUT2D eigenvalue weighted by molar-refractivity contribution is 6.17. The van der Waals surface area contributed by atoms with Gasteiger partial charge in [0.1, 0.15) is 17.2 Å². The minimum atomic E-state index is -0.156. The second-order valence-corrected chi connectivity index (χ2v) is 12.2. The summed E-state index contributed by atoms with van der Waals surface area (Å²) in [6, 6.07) is 37.3. The highest BCUT2D eigenvalue weighted by atomic mass is 16.3. The lowest BCUT2D eigenvalue weighted by atomic mass is 9.82. The van der Waals surface area contributed by atoms with Crippen LogP contribution >= 0.6 is 0 Å². The molecule has 0 aliphatic heterocycles. The Morgan fingerprint density at radius 2 is 1.36 bits per heavy atom. The van der Waals surface area contributed by atoms with Crippen LogP contribution in [0.4, 0.5) is 0 Å². The Hall–Kier alpha value is -5.48. The molecule has 6 aromatic rings. The van der Waals surface area contributed by atoms with Crippen LogP contribution in [0, 0.1) is 19.3 Å². The van der Waals surface area contributed by atoms with E-state index in [1.54, 1.807) is 0 Å². The van der Waals surface area contributed by atoms with Crippen LogP contribution in [0.25, 0.3) is 45.4 Å². The molecule has 220 valence electrons. The Bertz CT molecular complexity index is 2190. The maximum absolute atomic E-state index is 9.13. The van der Waals surface area contributed by atoms with Gasteiger partial charge in [0.25, 0.3) is 0 Å². The number of nitrogens with zero attached hydrogens (tertiary/aromatic N) is 1. The van der Waals surface area contributed by atoms with Gasteiger partial charge in [-0.1, -0.05) is 129 Å². The van der Waals surface area contributed by atoms with E-state index in [9.17, 15) is 0 Å². The first-order valence-corrected chi connectivity index (χ1v) is 15.3. The van der Waals surface area contributed by atoms with E-state index in [1.807, 2.05) is 37.3 Å². The van der Waals surface area contributed by atoms with Crippen molar-refractivity contribution in [3.63, 3.8) is 0 Å². The van der Waals surface area contributed by atoms with Gasteiger partial charge in [-0.05, 0) is 64.4 Å². The topological polar surface area (TPSA) is 75.4 Å². The molecule has 1 aliphatic carbocycles. The first-order chi connectivity index (χ1) is 21.8. The number of nitrogens with two attached hydrogens (primary N) is 1. The van der Waals surface area contributed by atoms with Gasteiger partial charge in [-0.25, -0.2) is 4.99 Å². The summed E-state index contributed by atoms with van der Waals surface area (Å²) in [5.41, 5.74) is 19.2. The van der Waals surface area contributed by atoms with Crippen LogP contribution in [0.3, 0.4) is 0 Å². The standard InChI is InChI=1S/C41H35N3O/c1-25-13-5-7-15-28(25)30-16-8-6-14-27(30)23-24-29-26(2)45-36-22-12-19-33(38(29)36)40(43)44-39(42)32-18-11-21-35-37(32)31-17-9-10-20-34(31)41(35,3)4/h5-24H,1-4H3,(H3,42,43,44)/b24-23-. The minimum absolute atomic E-state index is 0.137. The van der Waals surface area contributed by atoms with Gasteiger partial charge in [0.2, 0.25) is 0 Å². The molecule has 0 amide bonds. The number of benzene rings is 5. The molecule has 4 heteroatoms. The molecule has 0 fully saturated rings. The van der Waals surface area contributed by atoms with Crippen LogP contribution in [0.1, 0.15) is 58.6 Å². The number of rotatable bonds is 5. The number of furan rings is 1. The van der Waals surface area contributed by atoms with Gasteiger partial charge < -0.3 is 10.2 Å². The molecule has 1 aliphatic rings. The van der Waals surface area contributed by atoms with Gasteiger partial charge >= 0.3 is 0 Å². The zero-order chi connectivity index (χ0) is 31.3. The van der Waals surface area contributed by atoms with Crippen LogP contribution in [0.15, 0.2) is 119 Å². The fourth-order valence-corrected chi connectivity index (χ4v) is 6.83. The quantitative estimate of drug-likeness (QED) is 0.156. The van der Waals surface area contributed by atoms with Crippen molar-refractivity contribution in [2.24, 2.45) is 10.7 Å². The van der Waals surface area contributed by atoms with E-state index in [2.05, 4.69) is 112 Å². The monoisotopic (exact) mass is 585 g/mol. The predicted molar refractivity (Wildman–Crippen MR) is 188 cm³/mol. The van der Waals surface area contributed by atoms with E-state index in [0.29, 0.717) is 0 Å². The van der Waals surface area contributed by atoms with E-state index in [1.165, 1.54) is 27.8 Å². The number of hydrogen-bond donors (Lipinski definition) is 2. The maximum atomic E-state index is 9.13. The average Bonchev–Trinajstić information content (AvgIpc) is 3.50. The lowest BCUT2D eigenvalue weighted by molar-refractivity contribution is 0.577. The number of nitrogens with one attached hydrogen (secondary N) is 1. The molecule has 1 heterocycles. The van der Waals surface area contributed by atoms with Crippen molar-refractivity contribution in [2.75, 3.05) is 0 Å². The first kappa shape index (κ1) is 28.3. The van der Waals surface area contributed by atoms with E-state index >= 15 is 0 Å². The van der Waals surface area contributed by atoms with Gasteiger partial charge in [0.15, 0.2) is 5.84 Å². The molecule has 0 unspecified atom stereocenters. The first-order valence-electron chi connectivity index (χ1n) is 15.3. The van der Waals surface area contributed by atoms with Gasteiger partial charge in [-0.15, -0.1) is 0 Å². The Morgan fingerprint density at radius 3 is 2.16 bits per heavy atom. The summed E-state index contributed by atoms with van der Waals surface area (Å²) in [4.78, 5) is 4.71. The van der Waals surface area contributed by atoms with E-state index in [4.69, 9.17) is 20.6 Å². The third-order valence-corrected chi connectivity index (χ3v) is 9.13. The Labute approximate surface area is 264 Å². The zero-order valence-electron chi connectivity index (χ0n) is 26.0. The molecule has 4 nitrogen and oxygen atoms in total. The molecule has 1 aromatic heterocycles. The average molecular weight is 586 g/mol. The molecule has 0 atom stereocenters. The van der Waals surface area contributed by atoms with Crippen LogP contribution in [-0.2, 0) is 5.41 Å². The molecule has 3 N–H and O–H groups in total. The van der Waals surface area contributed by atoms with Gasteiger partial charge in [0.05, 0.1) is 0 Å². The lowest BCUT2D eigenvalue weighted by Gasteiger charge is -2.21. The number of fused-ring (bicyclic) bond motifs is 4. The lowest BCUT2D eigenvalue weighted by Crippen LogP contribution is -2.17. The summed E-state index contributed by atoms with van der Waals surface area (Å²) >= 11 is 0. The molecule has 0 radical (unpaired) electrons. The SMILES string of the molecule is Cc1ccccc1-c1ccccc1/C=C\c1c(C)oc2cccc(C(N)=NC(=N)c3cccc4c3-c3ccccc3C4(C)C)c12. The van der Waals surface area contributed by atoms with Crippen molar-refractivity contribution in [1.29, 1.82) is 5.41 Å².